The molecular formula is C26H32N4O4. The first kappa shape index (κ1) is 21.6. The fourth-order valence-electron chi connectivity index (χ4n) is 7.42. The zero-order chi connectivity index (χ0) is 23.8. The van der Waals surface area contributed by atoms with Gasteiger partial charge >= 0.3 is 5.97 Å². The third-order valence-electron chi connectivity index (χ3n) is 8.60. The van der Waals surface area contributed by atoms with Crippen LogP contribution in [-0.2, 0) is 16.1 Å². The third kappa shape index (κ3) is 3.25. The summed E-state index contributed by atoms with van der Waals surface area (Å²) < 4.78 is 13.2. The molecule has 4 bridgehead atoms. The van der Waals surface area contributed by atoms with Crippen molar-refractivity contribution in [1.82, 2.24) is 14.8 Å². The molecule has 1 amide bonds. The van der Waals surface area contributed by atoms with E-state index < -0.39 is 11.6 Å². The van der Waals surface area contributed by atoms with Gasteiger partial charge in [0.25, 0.3) is 5.91 Å². The standard InChI is InChI=1S/C26H32N4O4/c1-14-18(12-28-30(14)13-26-8-15-5-16(9-26)7-17(6-15)10-26)19-11-27-22-21(20(19)23(31)33-4)34-25(2,3)24(32)29-22/h11-12,15-17H,5-10,13H2,1-4H3,(H,27,29,32). The van der Waals surface area contributed by atoms with E-state index in [2.05, 4.69) is 21.9 Å². The number of carbonyl (C=O) groups excluding carboxylic acids is 2. The van der Waals surface area contributed by atoms with Crippen molar-refractivity contribution < 1.29 is 19.1 Å². The highest BCUT2D eigenvalue weighted by Gasteiger charge is 2.51. The van der Waals surface area contributed by atoms with Gasteiger partial charge in [-0.25, -0.2) is 9.78 Å². The number of aromatic nitrogens is 3. The van der Waals surface area contributed by atoms with Gasteiger partial charge < -0.3 is 14.8 Å². The van der Waals surface area contributed by atoms with Crippen molar-refractivity contribution in [1.29, 1.82) is 0 Å². The molecule has 2 aromatic rings. The third-order valence-corrected chi connectivity index (χ3v) is 8.60. The number of carbonyl (C=O) groups is 2. The minimum Gasteiger partial charge on any atom is -0.473 e. The summed E-state index contributed by atoms with van der Waals surface area (Å²) in [4.78, 5) is 29.7. The second-order valence-electron chi connectivity index (χ2n) is 11.5. The molecule has 4 saturated carbocycles. The van der Waals surface area contributed by atoms with Crippen LogP contribution in [0.25, 0.3) is 11.1 Å². The Morgan fingerprint density at radius 2 is 1.79 bits per heavy atom. The smallest absolute Gasteiger partial charge is 0.342 e. The van der Waals surface area contributed by atoms with Crippen molar-refractivity contribution in [2.45, 2.75) is 71.4 Å². The predicted octanol–water partition coefficient (Wildman–Crippen LogP) is 4.37. The normalized spacial score (nSPS) is 30.5. The van der Waals surface area contributed by atoms with E-state index in [1.807, 2.05) is 6.20 Å². The zero-order valence-corrected chi connectivity index (χ0v) is 20.3. The summed E-state index contributed by atoms with van der Waals surface area (Å²) in [6.07, 6.45) is 11.6. The lowest BCUT2D eigenvalue weighted by Crippen LogP contribution is -2.48. The number of amides is 1. The average Bonchev–Trinajstić information content (AvgIpc) is 3.11. The topological polar surface area (TPSA) is 95.3 Å². The molecule has 0 atom stereocenters. The minimum absolute atomic E-state index is 0.229. The van der Waals surface area contributed by atoms with Gasteiger partial charge in [0.2, 0.25) is 0 Å². The van der Waals surface area contributed by atoms with Gasteiger partial charge in [0.05, 0.1) is 13.3 Å². The molecule has 8 heteroatoms. The van der Waals surface area contributed by atoms with Crippen LogP contribution in [0, 0.1) is 30.1 Å². The Morgan fingerprint density at radius 3 is 2.41 bits per heavy atom. The maximum atomic E-state index is 12.9. The van der Waals surface area contributed by atoms with Crippen LogP contribution in [0.1, 0.15) is 68.4 Å². The SMILES string of the molecule is COC(=O)c1c(-c2cnn(CC34CC5CC(CC(C5)C3)C4)c2C)cnc2c1OC(C)(C)C(=O)N2. The van der Waals surface area contributed by atoms with Gasteiger partial charge in [-0.05, 0) is 82.5 Å². The summed E-state index contributed by atoms with van der Waals surface area (Å²) >= 11 is 0. The van der Waals surface area contributed by atoms with Crippen molar-refractivity contribution in [2.24, 2.45) is 23.2 Å². The largest absolute Gasteiger partial charge is 0.473 e. The second-order valence-corrected chi connectivity index (χ2v) is 11.5. The number of pyridine rings is 1. The molecule has 2 aromatic heterocycles. The maximum Gasteiger partial charge on any atom is 0.342 e. The lowest BCUT2D eigenvalue weighted by atomic mass is 9.49. The molecule has 4 aliphatic carbocycles. The van der Waals surface area contributed by atoms with Crippen LogP contribution < -0.4 is 10.1 Å². The van der Waals surface area contributed by atoms with E-state index in [0.29, 0.717) is 11.0 Å². The Hall–Kier alpha value is -2.90. The number of nitrogens with zero attached hydrogens (tertiary/aromatic N) is 3. The van der Waals surface area contributed by atoms with E-state index >= 15 is 0 Å². The lowest BCUT2D eigenvalue weighted by molar-refractivity contribution is -0.129. The van der Waals surface area contributed by atoms with E-state index in [1.165, 1.54) is 45.6 Å². The summed E-state index contributed by atoms with van der Waals surface area (Å²) in [6, 6.07) is 0. The number of hydrogen-bond acceptors (Lipinski definition) is 6. The number of esters is 1. The highest BCUT2D eigenvalue weighted by atomic mass is 16.5. The summed E-state index contributed by atoms with van der Waals surface area (Å²) in [5, 5.41) is 7.52. The van der Waals surface area contributed by atoms with Gasteiger partial charge in [0, 0.05) is 29.6 Å². The highest BCUT2D eigenvalue weighted by molar-refractivity contribution is 6.06. The summed E-state index contributed by atoms with van der Waals surface area (Å²) in [5.41, 5.74) is 1.91. The van der Waals surface area contributed by atoms with Gasteiger partial charge in [0.1, 0.15) is 5.56 Å². The molecule has 0 aromatic carbocycles. The molecule has 0 saturated heterocycles. The molecule has 180 valence electrons. The molecule has 1 aliphatic heterocycles. The predicted molar refractivity (Wildman–Crippen MR) is 125 cm³/mol. The van der Waals surface area contributed by atoms with Crippen molar-refractivity contribution >= 4 is 17.7 Å². The van der Waals surface area contributed by atoms with Crippen LogP contribution >= 0.6 is 0 Å². The fourth-order valence-corrected chi connectivity index (χ4v) is 7.42. The number of hydrogen-bond donors (Lipinski definition) is 1. The van der Waals surface area contributed by atoms with Crippen LogP contribution in [0.3, 0.4) is 0 Å². The molecule has 34 heavy (non-hydrogen) atoms. The number of fused-ring (bicyclic) bond motifs is 1. The van der Waals surface area contributed by atoms with Crippen molar-refractivity contribution in [3.63, 3.8) is 0 Å². The van der Waals surface area contributed by atoms with Gasteiger partial charge in [-0.3, -0.25) is 9.48 Å². The molecule has 7 rings (SSSR count). The molecule has 0 radical (unpaired) electrons. The molecule has 0 unspecified atom stereocenters. The Labute approximate surface area is 199 Å². The number of rotatable bonds is 4. The Balaban J connectivity index is 1.39. The minimum atomic E-state index is -1.13. The van der Waals surface area contributed by atoms with Gasteiger partial charge in [-0.2, -0.15) is 5.10 Å². The van der Waals surface area contributed by atoms with Crippen LogP contribution in [0.5, 0.6) is 5.75 Å². The highest BCUT2D eigenvalue weighted by Crippen LogP contribution is 2.60. The van der Waals surface area contributed by atoms with Crippen molar-refractivity contribution in [3.8, 4) is 16.9 Å². The van der Waals surface area contributed by atoms with Gasteiger partial charge in [0.15, 0.2) is 17.2 Å². The van der Waals surface area contributed by atoms with Crippen molar-refractivity contribution in [3.05, 3.63) is 23.7 Å². The fraction of sp³-hybridized carbons (Fsp3) is 0.615. The number of anilines is 1. The van der Waals surface area contributed by atoms with E-state index in [9.17, 15) is 9.59 Å². The quantitative estimate of drug-likeness (QED) is 0.676. The number of methoxy groups -OCH3 is 1. The Bertz CT molecular complexity index is 1160. The van der Waals surface area contributed by atoms with E-state index in [0.717, 1.165) is 35.6 Å². The van der Waals surface area contributed by atoms with Crippen molar-refractivity contribution in [2.75, 3.05) is 12.4 Å². The molecule has 1 N–H and O–H groups in total. The van der Waals surface area contributed by atoms with Crippen LogP contribution in [0.15, 0.2) is 12.4 Å². The number of ether oxygens (including phenoxy) is 2. The first-order valence-electron chi connectivity index (χ1n) is 12.3. The molecular weight excluding hydrogens is 432 g/mol. The first-order valence-corrected chi connectivity index (χ1v) is 12.3. The zero-order valence-electron chi connectivity index (χ0n) is 20.3. The number of nitrogens with one attached hydrogen (secondary N) is 1. The van der Waals surface area contributed by atoms with E-state index in [1.54, 1.807) is 20.0 Å². The van der Waals surface area contributed by atoms with Gasteiger partial charge in [-0.15, -0.1) is 0 Å². The Kier molecular flexibility index (Phi) is 4.64. The molecule has 0 spiro atoms. The average molecular weight is 465 g/mol. The first-order chi connectivity index (χ1) is 16.2. The second kappa shape index (κ2) is 7.30. The molecule has 8 nitrogen and oxygen atoms in total. The van der Waals surface area contributed by atoms with Crippen LogP contribution in [0.2, 0.25) is 0 Å². The summed E-state index contributed by atoms with van der Waals surface area (Å²) in [7, 11) is 1.34. The van der Waals surface area contributed by atoms with E-state index in [4.69, 9.17) is 14.6 Å². The molecule has 4 fully saturated rings. The monoisotopic (exact) mass is 464 g/mol. The van der Waals surface area contributed by atoms with Crippen LogP contribution in [-0.4, -0.2) is 39.4 Å². The molecule has 5 aliphatic rings. The Morgan fingerprint density at radius 1 is 1.15 bits per heavy atom. The summed E-state index contributed by atoms with van der Waals surface area (Å²) in [6.45, 7) is 6.30. The van der Waals surface area contributed by atoms with Crippen LogP contribution in [0.4, 0.5) is 5.82 Å². The summed E-state index contributed by atoms with van der Waals surface area (Å²) in [5.74, 6) is 2.27. The van der Waals surface area contributed by atoms with E-state index in [-0.39, 0.29) is 23.0 Å². The maximum absolute atomic E-state index is 12.9. The van der Waals surface area contributed by atoms with Gasteiger partial charge in [-0.1, -0.05) is 0 Å². The molecule has 3 heterocycles. The lowest BCUT2D eigenvalue weighted by Gasteiger charge is -2.56.